The highest BCUT2D eigenvalue weighted by atomic mass is 16.6. The number of amides is 1. The summed E-state index contributed by atoms with van der Waals surface area (Å²) in [4.78, 5) is 39.3. The highest BCUT2D eigenvalue weighted by Crippen LogP contribution is 2.31. The molecule has 0 aromatic heterocycles. The molecule has 1 aliphatic rings. The lowest BCUT2D eigenvalue weighted by atomic mass is 10.1. The van der Waals surface area contributed by atoms with Gasteiger partial charge in [-0.1, -0.05) is 0 Å². The zero-order valence-electron chi connectivity index (χ0n) is 17.0. The van der Waals surface area contributed by atoms with E-state index in [1.807, 2.05) is 32.6 Å². The first-order valence-electron chi connectivity index (χ1n) is 9.74. The summed E-state index contributed by atoms with van der Waals surface area (Å²) < 4.78 is 5.12. The van der Waals surface area contributed by atoms with Crippen molar-refractivity contribution in [2.24, 2.45) is 0 Å². The average Bonchev–Trinajstić information content (AvgIpc) is 2.65. The Hall–Kier alpha value is -2.64. The van der Waals surface area contributed by atoms with Crippen molar-refractivity contribution in [1.82, 2.24) is 4.90 Å². The van der Waals surface area contributed by atoms with Gasteiger partial charge < -0.3 is 14.5 Å². The highest BCUT2D eigenvalue weighted by molar-refractivity contribution is 5.93. The number of piperidine rings is 1. The van der Waals surface area contributed by atoms with E-state index in [-0.39, 0.29) is 29.2 Å². The molecule has 0 bridgehead atoms. The van der Waals surface area contributed by atoms with Crippen molar-refractivity contribution in [2.45, 2.75) is 59.0 Å². The molecule has 8 nitrogen and oxygen atoms in total. The van der Waals surface area contributed by atoms with E-state index in [9.17, 15) is 19.7 Å². The molecular formula is C20H29N3O5. The summed E-state index contributed by atoms with van der Waals surface area (Å²) in [5, 5.41) is 11.5. The maximum atomic E-state index is 12.3. The number of nitro benzene ring substituents is 1. The van der Waals surface area contributed by atoms with Gasteiger partial charge in [-0.2, -0.15) is 0 Å². The van der Waals surface area contributed by atoms with Gasteiger partial charge in [-0.3, -0.25) is 14.9 Å². The van der Waals surface area contributed by atoms with Crippen molar-refractivity contribution < 1.29 is 19.2 Å². The number of carbonyl (C=O) groups is 2. The summed E-state index contributed by atoms with van der Waals surface area (Å²) >= 11 is 0. The largest absolute Gasteiger partial charge is 0.452 e. The summed E-state index contributed by atoms with van der Waals surface area (Å²) in [6, 6.07) is 4.31. The third-order valence-corrected chi connectivity index (χ3v) is 4.83. The predicted octanol–water partition coefficient (Wildman–Crippen LogP) is 3.39. The lowest BCUT2D eigenvalue weighted by Gasteiger charge is -2.30. The Morgan fingerprint density at radius 1 is 1.14 bits per heavy atom. The minimum atomic E-state index is -0.742. The smallest absolute Gasteiger partial charge is 0.338 e. The van der Waals surface area contributed by atoms with E-state index >= 15 is 0 Å². The first kappa shape index (κ1) is 21.7. The van der Waals surface area contributed by atoms with Crippen LogP contribution in [0.15, 0.2) is 18.2 Å². The molecule has 1 aromatic rings. The van der Waals surface area contributed by atoms with Gasteiger partial charge in [0.15, 0.2) is 6.61 Å². The lowest BCUT2D eigenvalue weighted by molar-refractivity contribution is -0.384. The summed E-state index contributed by atoms with van der Waals surface area (Å²) in [5.41, 5.74) is 0.470. The fraction of sp³-hybridized carbons (Fsp3) is 0.600. The zero-order chi connectivity index (χ0) is 20.8. The highest BCUT2D eigenvalue weighted by Gasteiger charge is 2.25. The van der Waals surface area contributed by atoms with E-state index in [0.29, 0.717) is 5.69 Å². The molecule has 1 amide bonds. The second kappa shape index (κ2) is 9.52. The summed E-state index contributed by atoms with van der Waals surface area (Å²) in [6.45, 7) is 8.70. The molecule has 0 radical (unpaired) electrons. The number of ether oxygens (including phenoxy) is 1. The Bertz CT molecular complexity index is 719. The normalized spacial score (nSPS) is 14.3. The van der Waals surface area contributed by atoms with Gasteiger partial charge in [0, 0.05) is 31.2 Å². The topological polar surface area (TPSA) is 93.0 Å². The van der Waals surface area contributed by atoms with Crippen molar-refractivity contribution in [3.05, 3.63) is 33.9 Å². The van der Waals surface area contributed by atoms with E-state index in [2.05, 4.69) is 0 Å². The van der Waals surface area contributed by atoms with Crippen molar-refractivity contribution in [2.75, 3.05) is 24.6 Å². The second-order valence-corrected chi connectivity index (χ2v) is 7.57. The molecule has 1 aromatic carbocycles. The monoisotopic (exact) mass is 391 g/mol. The van der Waals surface area contributed by atoms with Crippen molar-refractivity contribution in [3.8, 4) is 0 Å². The average molecular weight is 391 g/mol. The molecule has 0 spiro atoms. The van der Waals surface area contributed by atoms with Crippen LogP contribution in [0.1, 0.15) is 57.3 Å². The first-order chi connectivity index (χ1) is 13.2. The molecule has 1 saturated heterocycles. The van der Waals surface area contributed by atoms with Crippen LogP contribution in [0.25, 0.3) is 0 Å². The van der Waals surface area contributed by atoms with Gasteiger partial charge in [-0.05, 0) is 59.1 Å². The fourth-order valence-electron chi connectivity index (χ4n) is 3.66. The molecule has 2 rings (SSSR count). The summed E-state index contributed by atoms with van der Waals surface area (Å²) in [5.74, 6) is -1.04. The van der Waals surface area contributed by atoms with E-state index < -0.39 is 17.5 Å². The molecular weight excluding hydrogens is 362 g/mol. The first-order valence-corrected chi connectivity index (χ1v) is 9.74. The quantitative estimate of drug-likeness (QED) is 0.402. The van der Waals surface area contributed by atoms with Gasteiger partial charge >= 0.3 is 5.97 Å². The van der Waals surface area contributed by atoms with Crippen LogP contribution in [0.2, 0.25) is 0 Å². The van der Waals surface area contributed by atoms with Crippen molar-refractivity contribution in [1.29, 1.82) is 0 Å². The van der Waals surface area contributed by atoms with Gasteiger partial charge in [-0.25, -0.2) is 4.79 Å². The standard InChI is InChI=1S/C20H29N3O5/c1-14(2)22(15(3)4)19(24)13-28-20(25)16-8-9-17(18(12-16)23(26)27)21-10-6-5-7-11-21/h8-9,12,14-15H,5-7,10-11,13H2,1-4H3. The van der Waals surface area contributed by atoms with Crippen LogP contribution < -0.4 is 4.90 Å². The zero-order valence-corrected chi connectivity index (χ0v) is 17.0. The number of benzene rings is 1. The summed E-state index contributed by atoms with van der Waals surface area (Å²) in [6.07, 6.45) is 3.10. The molecule has 1 fully saturated rings. The Balaban J connectivity index is 2.12. The predicted molar refractivity (Wildman–Crippen MR) is 107 cm³/mol. The molecule has 28 heavy (non-hydrogen) atoms. The lowest BCUT2D eigenvalue weighted by Crippen LogP contribution is -2.44. The van der Waals surface area contributed by atoms with Gasteiger partial charge in [0.2, 0.25) is 0 Å². The number of nitro groups is 1. The van der Waals surface area contributed by atoms with E-state index in [0.717, 1.165) is 32.4 Å². The number of esters is 1. The van der Waals surface area contributed by atoms with E-state index in [1.54, 1.807) is 11.0 Å². The molecule has 1 heterocycles. The Kier molecular flexibility index (Phi) is 7.37. The van der Waals surface area contributed by atoms with Crippen molar-refractivity contribution >= 4 is 23.3 Å². The van der Waals surface area contributed by atoms with Crippen LogP contribution in [0.4, 0.5) is 11.4 Å². The second-order valence-electron chi connectivity index (χ2n) is 7.57. The SMILES string of the molecule is CC(C)N(C(=O)COC(=O)c1ccc(N2CCCCC2)c([N+](=O)[O-])c1)C(C)C. The molecule has 0 saturated carbocycles. The molecule has 0 atom stereocenters. The molecule has 1 aliphatic heterocycles. The van der Waals surface area contributed by atoms with Crippen LogP contribution in [0.3, 0.4) is 0 Å². The molecule has 0 N–H and O–H groups in total. The third kappa shape index (κ3) is 5.21. The number of carbonyl (C=O) groups excluding carboxylic acids is 2. The Morgan fingerprint density at radius 3 is 2.29 bits per heavy atom. The molecule has 154 valence electrons. The van der Waals surface area contributed by atoms with Gasteiger partial charge in [0.25, 0.3) is 11.6 Å². The van der Waals surface area contributed by atoms with Gasteiger partial charge in [0.05, 0.1) is 10.5 Å². The maximum Gasteiger partial charge on any atom is 0.338 e. The minimum absolute atomic E-state index is 0.0175. The fourth-order valence-corrected chi connectivity index (χ4v) is 3.66. The van der Waals surface area contributed by atoms with Crippen LogP contribution in [-0.2, 0) is 9.53 Å². The number of hydrogen-bond donors (Lipinski definition) is 0. The van der Waals surface area contributed by atoms with E-state index in [4.69, 9.17) is 4.74 Å². The van der Waals surface area contributed by atoms with Crippen LogP contribution in [0, 0.1) is 10.1 Å². The number of nitrogens with zero attached hydrogens (tertiary/aromatic N) is 3. The van der Waals surface area contributed by atoms with Gasteiger partial charge in [-0.15, -0.1) is 0 Å². The Morgan fingerprint density at radius 2 is 1.75 bits per heavy atom. The molecule has 8 heteroatoms. The van der Waals surface area contributed by atoms with Gasteiger partial charge in [0.1, 0.15) is 5.69 Å². The van der Waals surface area contributed by atoms with Crippen LogP contribution >= 0.6 is 0 Å². The van der Waals surface area contributed by atoms with E-state index in [1.165, 1.54) is 12.1 Å². The van der Waals surface area contributed by atoms with Crippen LogP contribution in [0.5, 0.6) is 0 Å². The van der Waals surface area contributed by atoms with Crippen LogP contribution in [-0.4, -0.2) is 53.5 Å². The maximum absolute atomic E-state index is 12.3. The minimum Gasteiger partial charge on any atom is -0.452 e. The van der Waals surface area contributed by atoms with Crippen molar-refractivity contribution in [3.63, 3.8) is 0 Å². The number of anilines is 1. The third-order valence-electron chi connectivity index (χ3n) is 4.83. The number of rotatable bonds is 7. The molecule has 0 unspecified atom stereocenters. The summed E-state index contributed by atoms with van der Waals surface area (Å²) in [7, 11) is 0. The molecule has 0 aliphatic carbocycles. The number of hydrogen-bond acceptors (Lipinski definition) is 6. The Labute approximate surface area is 165 Å².